The summed E-state index contributed by atoms with van der Waals surface area (Å²) in [5.74, 6) is 1.12. The molecule has 0 bridgehead atoms. The lowest BCUT2D eigenvalue weighted by Gasteiger charge is -2.09. The van der Waals surface area contributed by atoms with Gasteiger partial charge in [0.1, 0.15) is 11.3 Å². The average Bonchev–Trinajstić information content (AvgIpc) is 3.17. The van der Waals surface area contributed by atoms with Gasteiger partial charge in [-0.05, 0) is 64.5 Å². The predicted molar refractivity (Wildman–Crippen MR) is 125 cm³/mol. The summed E-state index contributed by atoms with van der Waals surface area (Å²) in [5, 5.41) is 3.32. The molecule has 0 aliphatic heterocycles. The van der Waals surface area contributed by atoms with Crippen LogP contribution in [0.15, 0.2) is 57.4 Å². The topological polar surface area (TPSA) is 73.6 Å². The maximum absolute atomic E-state index is 12.6. The second kappa shape index (κ2) is 8.78. The van der Waals surface area contributed by atoms with E-state index in [2.05, 4.69) is 26.2 Å². The summed E-state index contributed by atoms with van der Waals surface area (Å²) in [6, 6.07) is 13.7. The summed E-state index contributed by atoms with van der Waals surface area (Å²) in [4.78, 5) is 17.2. The SMILES string of the molecule is COc1ccc(-c2nc3cc(NC(=O)c4cc(Cl)c(OC)c(Cl)c4)ccc3o2)cc1Br. The van der Waals surface area contributed by atoms with Crippen LogP contribution >= 0.6 is 39.1 Å². The van der Waals surface area contributed by atoms with Crippen molar-refractivity contribution in [3.8, 4) is 23.0 Å². The highest BCUT2D eigenvalue weighted by Crippen LogP contribution is 2.35. The van der Waals surface area contributed by atoms with Crippen molar-refractivity contribution < 1.29 is 18.7 Å². The second-order valence-corrected chi connectivity index (χ2v) is 8.15. The summed E-state index contributed by atoms with van der Waals surface area (Å²) < 4.78 is 17.0. The Labute approximate surface area is 196 Å². The molecule has 9 heteroatoms. The zero-order valence-electron chi connectivity index (χ0n) is 16.3. The molecule has 0 atom stereocenters. The van der Waals surface area contributed by atoms with Crippen LogP contribution in [-0.2, 0) is 0 Å². The van der Waals surface area contributed by atoms with Gasteiger partial charge < -0.3 is 19.2 Å². The number of anilines is 1. The first-order valence-electron chi connectivity index (χ1n) is 8.98. The van der Waals surface area contributed by atoms with Crippen LogP contribution in [0.5, 0.6) is 11.5 Å². The third-order valence-corrected chi connectivity index (χ3v) is 5.69. The quantitative estimate of drug-likeness (QED) is 0.311. The number of nitrogens with one attached hydrogen (secondary N) is 1. The van der Waals surface area contributed by atoms with E-state index in [9.17, 15) is 4.79 Å². The number of amides is 1. The van der Waals surface area contributed by atoms with E-state index in [1.807, 2.05) is 18.2 Å². The minimum absolute atomic E-state index is 0.252. The number of hydrogen-bond donors (Lipinski definition) is 1. The molecule has 0 unspecified atom stereocenters. The zero-order chi connectivity index (χ0) is 22.1. The van der Waals surface area contributed by atoms with Gasteiger partial charge in [0.25, 0.3) is 5.91 Å². The molecule has 0 saturated carbocycles. The Kier molecular flexibility index (Phi) is 6.09. The first-order chi connectivity index (χ1) is 14.9. The van der Waals surface area contributed by atoms with Gasteiger partial charge in [-0.3, -0.25) is 4.79 Å². The molecule has 1 aromatic heterocycles. The van der Waals surface area contributed by atoms with Gasteiger partial charge in [0, 0.05) is 16.8 Å². The van der Waals surface area contributed by atoms with E-state index in [4.69, 9.17) is 37.1 Å². The molecule has 3 aromatic carbocycles. The van der Waals surface area contributed by atoms with Gasteiger partial charge in [-0.25, -0.2) is 4.98 Å². The Morgan fingerprint density at radius 1 is 1.03 bits per heavy atom. The van der Waals surface area contributed by atoms with E-state index in [0.29, 0.717) is 39.7 Å². The molecule has 0 saturated heterocycles. The van der Waals surface area contributed by atoms with E-state index in [1.165, 1.54) is 19.2 Å². The van der Waals surface area contributed by atoms with Crippen molar-refractivity contribution in [2.75, 3.05) is 19.5 Å². The number of oxazole rings is 1. The maximum atomic E-state index is 12.6. The van der Waals surface area contributed by atoms with E-state index >= 15 is 0 Å². The number of halogens is 3. The summed E-state index contributed by atoms with van der Waals surface area (Å²) in [6.07, 6.45) is 0. The molecule has 0 fully saturated rings. The van der Waals surface area contributed by atoms with Gasteiger partial charge in [0.15, 0.2) is 11.3 Å². The largest absolute Gasteiger partial charge is 0.496 e. The van der Waals surface area contributed by atoms with Crippen LogP contribution in [0.2, 0.25) is 10.0 Å². The summed E-state index contributed by atoms with van der Waals surface area (Å²) >= 11 is 15.7. The molecular formula is C22H15BrCl2N2O4. The third-order valence-electron chi connectivity index (χ3n) is 4.51. The molecule has 0 aliphatic carbocycles. The molecule has 0 aliphatic rings. The minimum Gasteiger partial charge on any atom is -0.496 e. The Morgan fingerprint density at radius 2 is 1.77 bits per heavy atom. The number of fused-ring (bicyclic) bond motifs is 1. The van der Waals surface area contributed by atoms with Crippen molar-refractivity contribution in [2.24, 2.45) is 0 Å². The molecule has 1 amide bonds. The highest BCUT2D eigenvalue weighted by molar-refractivity contribution is 9.10. The number of benzene rings is 3. The Balaban J connectivity index is 1.60. The fourth-order valence-corrected chi connectivity index (χ4v) is 4.20. The van der Waals surface area contributed by atoms with Crippen molar-refractivity contribution in [1.82, 2.24) is 4.98 Å². The third kappa shape index (κ3) is 4.35. The van der Waals surface area contributed by atoms with Crippen molar-refractivity contribution in [2.45, 2.75) is 0 Å². The lowest BCUT2D eigenvalue weighted by Crippen LogP contribution is -2.12. The number of nitrogens with zero attached hydrogens (tertiary/aromatic N) is 1. The van der Waals surface area contributed by atoms with Gasteiger partial charge in [-0.15, -0.1) is 0 Å². The van der Waals surface area contributed by atoms with Crippen molar-refractivity contribution in [3.63, 3.8) is 0 Å². The van der Waals surface area contributed by atoms with Crippen LogP contribution in [0.4, 0.5) is 5.69 Å². The Morgan fingerprint density at radius 3 is 2.42 bits per heavy atom. The smallest absolute Gasteiger partial charge is 0.255 e. The van der Waals surface area contributed by atoms with Gasteiger partial charge in [0.05, 0.1) is 28.7 Å². The molecule has 4 rings (SSSR count). The molecular weight excluding hydrogens is 507 g/mol. The fourth-order valence-electron chi connectivity index (χ4n) is 3.02. The standard InChI is InChI=1S/C22H15BrCl2N2O4/c1-29-18-5-3-11(7-14(18)23)22-27-17-10-13(4-6-19(17)31-22)26-21(28)12-8-15(24)20(30-2)16(25)9-12/h3-10H,1-2H3,(H,26,28). The van der Waals surface area contributed by atoms with Crippen LogP contribution in [-0.4, -0.2) is 25.1 Å². The molecule has 158 valence electrons. The summed E-state index contributed by atoms with van der Waals surface area (Å²) in [6.45, 7) is 0. The van der Waals surface area contributed by atoms with Crippen LogP contribution in [0, 0.1) is 0 Å². The average molecular weight is 522 g/mol. The second-order valence-electron chi connectivity index (χ2n) is 6.48. The monoisotopic (exact) mass is 520 g/mol. The highest BCUT2D eigenvalue weighted by atomic mass is 79.9. The number of aromatic nitrogens is 1. The molecule has 1 N–H and O–H groups in total. The highest BCUT2D eigenvalue weighted by Gasteiger charge is 2.15. The lowest BCUT2D eigenvalue weighted by atomic mass is 10.2. The van der Waals surface area contributed by atoms with Crippen LogP contribution < -0.4 is 14.8 Å². The number of hydrogen-bond acceptors (Lipinski definition) is 5. The van der Waals surface area contributed by atoms with Gasteiger partial charge in [0.2, 0.25) is 5.89 Å². The molecule has 4 aromatic rings. The van der Waals surface area contributed by atoms with Gasteiger partial charge >= 0.3 is 0 Å². The lowest BCUT2D eigenvalue weighted by molar-refractivity contribution is 0.102. The van der Waals surface area contributed by atoms with Crippen molar-refractivity contribution in [3.05, 3.63) is 68.6 Å². The number of carbonyl (C=O) groups is 1. The van der Waals surface area contributed by atoms with E-state index in [1.54, 1.807) is 25.3 Å². The number of methoxy groups -OCH3 is 2. The molecule has 6 nitrogen and oxygen atoms in total. The van der Waals surface area contributed by atoms with E-state index in [0.717, 1.165) is 10.0 Å². The molecule has 0 spiro atoms. The number of carbonyl (C=O) groups excluding carboxylic acids is 1. The van der Waals surface area contributed by atoms with Gasteiger partial charge in [-0.1, -0.05) is 23.2 Å². The molecule has 31 heavy (non-hydrogen) atoms. The van der Waals surface area contributed by atoms with Crippen LogP contribution in [0.1, 0.15) is 10.4 Å². The van der Waals surface area contributed by atoms with Crippen LogP contribution in [0.3, 0.4) is 0 Å². The fraction of sp³-hybridized carbons (Fsp3) is 0.0909. The van der Waals surface area contributed by atoms with E-state index < -0.39 is 0 Å². The minimum atomic E-state index is -0.367. The number of ether oxygens (including phenoxy) is 2. The predicted octanol–water partition coefficient (Wildman–Crippen LogP) is 6.83. The summed E-state index contributed by atoms with van der Waals surface area (Å²) in [5.41, 5.74) is 2.84. The van der Waals surface area contributed by atoms with E-state index in [-0.39, 0.29) is 16.0 Å². The van der Waals surface area contributed by atoms with Crippen molar-refractivity contribution >= 4 is 61.8 Å². The first-order valence-corrected chi connectivity index (χ1v) is 10.5. The normalized spacial score (nSPS) is 10.9. The summed E-state index contributed by atoms with van der Waals surface area (Å²) in [7, 11) is 3.06. The van der Waals surface area contributed by atoms with Gasteiger partial charge in [-0.2, -0.15) is 0 Å². The molecule has 0 radical (unpaired) electrons. The first kappa shape index (κ1) is 21.5. The van der Waals surface area contributed by atoms with Crippen molar-refractivity contribution in [1.29, 1.82) is 0 Å². The van der Waals surface area contributed by atoms with Crippen LogP contribution in [0.25, 0.3) is 22.6 Å². The number of rotatable bonds is 5. The Bertz CT molecular complexity index is 1280. The Hall–Kier alpha value is -2.74. The molecule has 1 heterocycles. The zero-order valence-corrected chi connectivity index (χ0v) is 19.4. The maximum Gasteiger partial charge on any atom is 0.255 e.